The van der Waals surface area contributed by atoms with Crippen molar-refractivity contribution in [3.63, 3.8) is 0 Å². The third-order valence-corrected chi connectivity index (χ3v) is 4.70. The fourth-order valence-electron chi connectivity index (χ4n) is 1.48. The number of carbonyl (C=O) groups excluding carboxylic acids is 1. The van der Waals surface area contributed by atoms with Crippen LogP contribution in [0.2, 0.25) is 15.1 Å². The van der Waals surface area contributed by atoms with Crippen LogP contribution >= 0.6 is 66.7 Å². The molecule has 1 N–H and O–H groups in total. The Hall–Kier alpha value is -0.260. The van der Waals surface area contributed by atoms with Gasteiger partial charge in [-0.3, -0.25) is 4.79 Å². The van der Waals surface area contributed by atoms with Crippen molar-refractivity contribution in [1.29, 1.82) is 0 Å². The lowest BCUT2D eigenvalue weighted by molar-refractivity contribution is 0.102. The highest BCUT2D eigenvalue weighted by molar-refractivity contribution is 9.10. The number of benzene rings is 2. The Balaban J connectivity index is 2.30. The van der Waals surface area contributed by atoms with Crippen molar-refractivity contribution in [2.24, 2.45) is 0 Å². The van der Waals surface area contributed by atoms with Gasteiger partial charge in [0.05, 0.1) is 20.8 Å². The number of halogens is 5. The van der Waals surface area contributed by atoms with Crippen molar-refractivity contribution in [2.75, 3.05) is 5.32 Å². The van der Waals surface area contributed by atoms with Gasteiger partial charge in [-0.25, -0.2) is 0 Å². The first-order chi connectivity index (χ1) is 9.38. The van der Waals surface area contributed by atoms with Crippen molar-refractivity contribution >= 4 is 78.3 Å². The number of nitrogens with one attached hydrogen (secondary N) is 1. The van der Waals surface area contributed by atoms with Gasteiger partial charge in [-0.2, -0.15) is 0 Å². The Morgan fingerprint density at radius 3 is 2.10 bits per heavy atom. The summed E-state index contributed by atoms with van der Waals surface area (Å²) in [4.78, 5) is 12.2. The van der Waals surface area contributed by atoms with Crippen molar-refractivity contribution in [3.8, 4) is 0 Å². The summed E-state index contributed by atoms with van der Waals surface area (Å²) in [7, 11) is 0. The molecule has 7 heteroatoms. The summed E-state index contributed by atoms with van der Waals surface area (Å²) in [6.45, 7) is 0. The summed E-state index contributed by atoms with van der Waals surface area (Å²) >= 11 is 24.6. The number of anilines is 1. The number of hydrogen-bond donors (Lipinski definition) is 1. The van der Waals surface area contributed by atoms with Crippen molar-refractivity contribution < 1.29 is 4.79 Å². The summed E-state index contributed by atoms with van der Waals surface area (Å²) in [6.07, 6.45) is 0. The lowest BCUT2D eigenvalue weighted by Gasteiger charge is -2.10. The van der Waals surface area contributed by atoms with Crippen LogP contribution in [-0.4, -0.2) is 5.91 Å². The first-order valence-electron chi connectivity index (χ1n) is 5.29. The number of carbonyl (C=O) groups is 1. The molecule has 1 amide bonds. The number of hydrogen-bond acceptors (Lipinski definition) is 1. The van der Waals surface area contributed by atoms with Gasteiger partial charge in [0.2, 0.25) is 0 Å². The number of rotatable bonds is 2. The number of amides is 1. The second kappa shape index (κ2) is 6.67. The van der Waals surface area contributed by atoms with Crippen LogP contribution in [0.25, 0.3) is 0 Å². The molecular weight excluding hydrogens is 452 g/mol. The minimum Gasteiger partial charge on any atom is -0.319 e. The predicted octanol–water partition coefficient (Wildman–Crippen LogP) is 6.42. The molecule has 0 bridgehead atoms. The molecule has 2 rings (SSSR count). The molecule has 0 unspecified atom stereocenters. The molecule has 20 heavy (non-hydrogen) atoms. The predicted molar refractivity (Wildman–Crippen MR) is 91.3 cm³/mol. The minimum atomic E-state index is -0.325. The lowest BCUT2D eigenvalue weighted by atomic mass is 10.2. The van der Waals surface area contributed by atoms with Gasteiger partial charge in [-0.15, -0.1) is 0 Å². The second-order valence-corrected chi connectivity index (χ2v) is 6.82. The maximum absolute atomic E-state index is 12.2. The monoisotopic (exact) mass is 455 g/mol. The van der Waals surface area contributed by atoms with Crippen LogP contribution in [0.4, 0.5) is 5.69 Å². The van der Waals surface area contributed by atoms with E-state index in [0.29, 0.717) is 30.8 Å². The van der Waals surface area contributed by atoms with E-state index >= 15 is 0 Å². The lowest BCUT2D eigenvalue weighted by Crippen LogP contribution is -2.12. The minimum absolute atomic E-state index is 0.325. The quantitative estimate of drug-likeness (QED) is 0.553. The summed E-state index contributed by atoms with van der Waals surface area (Å²) in [6, 6.07) is 8.18. The third kappa shape index (κ3) is 3.68. The maximum Gasteiger partial charge on any atom is 0.255 e. The van der Waals surface area contributed by atoms with Crippen LogP contribution in [0.3, 0.4) is 0 Å². The van der Waals surface area contributed by atoms with Gasteiger partial charge in [0.25, 0.3) is 5.91 Å². The zero-order chi connectivity index (χ0) is 14.9. The van der Waals surface area contributed by atoms with Crippen LogP contribution in [0.1, 0.15) is 10.4 Å². The van der Waals surface area contributed by atoms with E-state index in [2.05, 4.69) is 37.2 Å². The van der Waals surface area contributed by atoms with Crippen LogP contribution in [0.15, 0.2) is 39.3 Å². The molecule has 104 valence electrons. The van der Waals surface area contributed by atoms with Gasteiger partial charge in [0.15, 0.2) is 0 Å². The van der Waals surface area contributed by atoms with E-state index in [0.717, 1.165) is 4.47 Å². The third-order valence-electron chi connectivity index (χ3n) is 2.43. The van der Waals surface area contributed by atoms with Crippen molar-refractivity contribution in [3.05, 3.63) is 59.9 Å². The summed E-state index contributed by atoms with van der Waals surface area (Å²) in [5.41, 5.74) is 0.809. The molecule has 0 aromatic heterocycles. The standard InChI is InChI=1S/C13H6Br2Cl3NO/c14-7-4-10(17)12(11(18)5-7)19-13(20)6-1-2-9(16)8(15)3-6/h1-5H,(H,19,20). The van der Waals surface area contributed by atoms with Gasteiger partial charge in [0.1, 0.15) is 0 Å². The Morgan fingerprint density at radius 2 is 1.55 bits per heavy atom. The average Bonchev–Trinajstić information content (AvgIpc) is 2.36. The van der Waals surface area contributed by atoms with Gasteiger partial charge >= 0.3 is 0 Å². The molecule has 0 radical (unpaired) electrons. The van der Waals surface area contributed by atoms with Gasteiger partial charge < -0.3 is 5.32 Å². The van der Waals surface area contributed by atoms with E-state index in [9.17, 15) is 4.79 Å². The molecule has 0 heterocycles. The van der Waals surface area contributed by atoms with Crippen LogP contribution in [0.5, 0.6) is 0 Å². The van der Waals surface area contributed by atoms with Gasteiger partial charge in [-0.1, -0.05) is 50.7 Å². The van der Waals surface area contributed by atoms with E-state index in [-0.39, 0.29) is 5.91 Å². The highest BCUT2D eigenvalue weighted by Gasteiger charge is 2.13. The highest BCUT2D eigenvalue weighted by Crippen LogP contribution is 2.34. The molecule has 0 aliphatic heterocycles. The molecule has 0 saturated heterocycles. The normalized spacial score (nSPS) is 10.4. The highest BCUT2D eigenvalue weighted by atomic mass is 79.9. The molecule has 2 nitrogen and oxygen atoms in total. The topological polar surface area (TPSA) is 29.1 Å². The summed E-state index contributed by atoms with van der Waals surface area (Å²) in [5, 5.41) is 3.92. The largest absolute Gasteiger partial charge is 0.319 e. The van der Waals surface area contributed by atoms with Crippen LogP contribution in [0, 0.1) is 0 Å². The Labute approximate surface area is 147 Å². The first kappa shape index (κ1) is 16.1. The Morgan fingerprint density at radius 1 is 0.950 bits per heavy atom. The Kier molecular flexibility index (Phi) is 5.37. The fourth-order valence-corrected chi connectivity index (χ4v) is 3.28. The molecule has 0 spiro atoms. The molecule has 0 atom stereocenters. The SMILES string of the molecule is O=C(Nc1c(Cl)cc(Br)cc1Cl)c1ccc(Cl)c(Br)c1. The molecular formula is C13H6Br2Cl3NO. The average molecular weight is 458 g/mol. The molecule has 0 aliphatic carbocycles. The zero-order valence-corrected chi connectivity index (χ0v) is 15.1. The maximum atomic E-state index is 12.2. The van der Waals surface area contributed by atoms with Crippen molar-refractivity contribution in [2.45, 2.75) is 0 Å². The van der Waals surface area contributed by atoms with Crippen molar-refractivity contribution in [1.82, 2.24) is 0 Å². The van der Waals surface area contributed by atoms with Crippen LogP contribution in [-0.2, 0) is 0 Å². The zero-order valence-electron chi connectivity index (χ0n) is 9.68. The fraction of sp³-hybridized carbons (Fsp3) is 0. The van der Waals surface area contributed by atoms with E-state index in [1.54, 1.807) is 30.3 Å². The van der Waals surface area contributed by atoms with Gasteiger partial charge in [-0.05, 0) is 46.3 Å². The molecule has 2 aromatic carbocycles. The molecule has 2 aromatic rings. The molecule has 0 saturated carbocycles. The van der Waals surface area contributed by atoms with E-state index < -0.39 is 0 Å². The summed E-state index contributed by atoms with van der Waals surface area (Å²) in [5.74, 6) is -0.325. The van der Waals surface area contributed by atoms with E-state index in [1.165, 1.54) is 0 Å². The van der Waals surface area contributed by atoms with Gasteiger partial charge in [0, 0.05) is 14.5 Å². The van der Waals surface area contributed by atoms with Crippen LogP contribution < -0.4 is 5.32 Å². The molecule has 0 fully saturated rings. The van der Waals surface area contributed by atoms with E-state index in [4.69, 9.17) is 34.8 Å². The summed E-state index contributed by atoms with van der Waals surface area (Å²) < 4.78 is 1.37. The second-order valence-electron chi connectivity index (χ2n) is 3.83. The van der Waals surface area contributed by atoms with E-state index in [1.807, 2.05) is 0 Å². The first-order valence-corrected chi connectivity index (χ1v) is 8.01. The Bertz CT molecular complexity index is 668. The smallest absolute Gasteiger partial charge is 0.255 e. The molecule has 0 aliphatic rings.